The van der Waals surface area contributed by atoms with Gasteiger partial charge in [-0.05, 0) is 25.0 Å². The number of nitrogens with zero attached hydrogens (tertiary/aromatic N) is 1. The fourth-order valence-electron chi connectivity index (χ4n) is 1.88. The molecule has 0 saturated carbocycles. The molecule has 2 N–H and O–H groups in total. The molecule has 0 heterocycles. The van der Waals surface area contributed by atoms with Crippen LogP contribution in [0.3, 0.4) is 0 Å². The molecule has 18 heavy (non-hydrogen) atoms. The van der Waals surface area contributed by atoms with Gasteiger partial charge in [0.2, 0.25) is 0 Å². The summed E-state index contributed by atoms with van der Waals surface area (Å²) in [5.41, 5.74) is 6.87. The Bertz CT molecular complexity index is 416. The van der Waals surface area contributed by atoms with E-state index >= 15 is 0 Å². The van der Waals surface area contributed by atoms with E-state index in [1.54, 1.807) is 30.2 Å². The quantitative estimate of drug-likeness (QED) is 0.816. The smallest absolute Gasteiger partial charge is 0.256 e. The Labute approximate surface area is 109 Å². The predicted octanol–water partition coefficient (Wildman–Crippen LogP) is 2.40. The van der Waals surface area contributed by atoms with Gasteiger partial charge in [0.05, 0.1) is 18.4 Å². The minimum Gasteiger partial charge on any atom is -0.495 e. The molecule has 0 aliphatic rings. The second-order valence-corrected chi connectivity index (χ2v) is 4.66. The molecular formula is C14H22N2O2. The number of benzene rings is 1. The van der Waals surface area contributed by atoms with Gasteiger partial charge in [-0.3, -0.25) is 4.79 Å². The highest BCUT2D eigenvalue weighted by molar-refractivity contribution is 6.00. The van der Waals surface area contributed by atoms with Crippen molar-refractivity contribution in [1.82, 2.24) is 4.90 Å². The minimum absolute atomic E-state index is 0.0393. The number of anilines is 1. The average Bonchev–Trinajstić information content (AvgIpc) is 2.35. The zero-order valence-corrected chi connectivity index (χ0v) is 11.6. The number of hydrogen-bond acceptors (Lipinski definition) is 3. The average molecular weight is 250 g/mol. The zero-order valence-electron chi connectivity index (χ0n) is 11.6. The van der Waals surface area contributed by atoms with Gasteiger partial charge in [-0.15, -0.1) is 0 Å². The maximum atomic E-state index is 12.4. The Kier molecular flexibility index (Phi) is 5.01. The third-order valence-electron chi connectivity index (χ3n) is 2.77. The molecule has 0 radical (unpaired) electrons. The van der Waals surface area contributed by atoms with Crippen LogP contribution < -0.4 is 10.5 Å². The summed E-state index contributed by atoms with van der Waals surface area (Å²) in [5.74, 6) is 0.935. The van der Waals surface area contributed by atoms with Crippen LogP contribution in [0.15, 0.2) is 18.2 Å². The lowest BCUT2D eigenvalue weighted by Crippen LogP contribution is -2.34. The number of carbonyl (C=O) groups is 1. The lowest BCUT2D eigenvalue weighted by atomic mass is 10.1. The SMILES string of the molecule is CCN(CC(C)C)C(=O)c1cccc(OC)c1N. The molecule has 1 amide bonds. The van der Waals surface area contributed by atoms with Crippen LogP contribution in [0.4, 0.5) is 5.69 Å². The van der Waals surface area contributed by atoms with Crippen molar-refractivity contribution in [1.29, 1.82) is 0 Å². The van der Waals surface area contributed by atoms with E-state index in [0.717, 1.165) is 6.54 Å². The molecule has 0 unspecified atom stereocenters. The Morgan fingerprint density at radius 3 is 2.61 bits per heavy atom. The van der Waals surface area contributed by atoms with E-state index in [1.165, 1.54) is 0 Å². The van der Waals surface area contributed by atoms with Gasteiger partial charge in [-0.1, -0.05) is 19.9 Å². The second-order valence-electron chi connectivity index (χ2n) is 4.66. The molecule has 0 saturated heterocycles. The van der Waals surface area contributed by atoms with Crippen LogP contribution >= 0.6 is 0 Å². The maximum Gasteiger partial charge on any atom is 0.256 e. The third-order valence-corrected chi connectivity index (χ3v) is 2.77. The first-order valence-electron chi connectivity index (χ1n) is 6.23. The van der Waals surface area contributed by atoms with E-state index in [-0.39, 0.29) is 5.91 Å². The van der Waals surface area contributed by atoms with E-state index in [4.69, 9.17) is 10.5 Å². The summed E-state index contributed by atoms with van der Waals surface area (Å²) < 4.78 is 5.13. The van der Waals surface area contributed by atoms with E-state index in [2.05, 4.69) is 13.8 Å². The van der Waals surface area contributed by atoms with E-state index in [1.807, 2.05) is 6.92 Å². The van der Waals surface area contributed by atoms with E-state index in [0.29, 0.717) is 29.5 Å². The molecule has 4 heteroatoms. The molecule has 0 bridgehead atoms. The Balaban J connectivity index is 3.02. The largest absolute Gasteiger partial charge is 0.495 e. The van der Waals surface area contributed by atoms with Crippen molar-refractivity contribution in [3.05, 3.63) is 23.8 Å². The molecule has 1 rings (SSSR count). The van der Waals surface area contributed by atoms with Gasteiger partial charge in [0.15, 0.2) is 0 Å². The van der Waals surface area contributed by atoms with Gasteiger partial charge >= 0.3 is 0 Å². The Morgan fingerprint density at radius 1 is 1.44 bits per heavy atom. The van der Waals surface area contributed by atoms with Crippen LogP contribution in [0.25, 0.3) is 0 Å². The lowest BCUT2D eigenvalue weighted by molar-refractivity contribution is 0.0746. The number of rotatable bonds is 5. The number of nitrogen functional groups attached to an aromatic ring is 1. The molecule has 0 fully saturated rings. The zero-order chi connectivity index (χ0) is 13.7. The lowest BCUT2D eigenvalue weighted by Gasteiger charge is -2.24. The molecule has 4 nitrogen and oxygen atoms in total. The van der Waals surface area contributed by atoms with Gasteiger partial charge in [-0.2, -0.15) is 0 Å². The number of amides is 1. The number of methoxy groups -OCH3 is 1. The van der Waals surface area contributed by atoms with Crippen molar-refractivity contribution in [3.8, 4) is 5.75 Å². The van der Waals surface area contributed by atoms with E-state index in [9.17, 15) is 4.79 Å². The molecule has 0 aliphatic carbocycles. The molecule has 0 aliphatic heterocycles. The summed E-state index contributed by atoms with van der Waals surface area (Å²) in [7, 11) is 1.55. The maximum absolute atomic E-state index is 12.4. The molecule has 0 atom stereocenters. The van der Waals surface area contributed by atoms with Crippen molar-refractivity contribution in [2.45, 2.75) is 20.8 Å². The van der Waals surface area contributed by atoms with Gasteiger partial charge in [-0.25, -0.2) is 0 Å². The fraction of sp³-hybridized carbons (Fsp3) is 0.500. The molecule has 100 valence electrons. The number of hydrogen-bond donors (Lipinski definition) is 1. The van der Waals surface area contributed by atoms with Crippen molar-refractivity contribution < 1.29 is 9.53 Å². The molecule has 1 aromatic rings. The Hall–Kier alpha value is -1.71. The molecule has 1 aromatic carbocycles. The van der Waals surface area contributed by atoms with Gasteiger partial charge in [0, 0.05) is 13.1 Å². The van der Waals surface area contributed by atoms with Crippen LogP contribution in [0.2, 0.25) is 0 Å². The summed E-state index contributed by atoms with van der Waals surface area (Å²) in [4.78, 5) is 14.2. The highest BCUT2D eigenvalue weighted by atomic mass is 16.5. The normalized spacial score (nSPS) is 10.5. The molecular weight excluding hydrogens is 228 g/mol. The van der Waals surface area contributed by atoms with Crippen LogP contribution in [-0.2, 0) is 0 Å². The minimum atomic E-state index is -0.0393. The predicted molar refractivity (Wildman–Crippen MR) is 73.8 cm³/mol. The Morgan fingerprint density at radius 2 is 2.11 bits per heavy atom. The number of para-hydroxylation sites is 1. The van der Waals surface area contributed by atoms with E-state index < -0.39 is 0 Å². The van der Waals surface area contributed by atoms with Crippen LogP contribution in [0.1, 0.15) is 31.1 Å². The molecule has 0 spiro atoms. The van der Waals surface area contributed by atoms with Gasteiger partial charge < -0.3 is 15.4 Å². The monoisotopic (exact) mass is 250 g/mol. The number of nitrogens with two attached hydrogens (primary N) is 1. The van der Waals surface area contributed by atoms with Crippen LogP contribution in [0.5, 0.6) is 5.75 Å². The molecule has 0 aromatic heterocycles. The number of ether oxygens (including phenoxy) is 1. The fourth-order valence-corrected chi connectivity index (χ4v) is 1.88. The third kappa shape index (κ3) is 3.15. The summed E-state index contributed by atoms with van der Waals surface area (Å²) in [6, 6.07) is 5.28. The first-order valence-corrected chi connectivity index (χ1v) is 6.23. The van der Waals surface area contributed by atoms with Crippen molar-refractivity contribution in [2.75, 3.05) is 25.9 Å². The van der Waals surface area contributed by atoms with Crippen molar-refractivity contribution in [2.24, 2.45) is 5.92 Å². The second kappa shape index (κ2) is 6.28. The highest BCUT2D eigenvalue weighted by Crippen LogP contribution is 2.25. The van der Waals surface area contributed by atoms with Gasteiger partial charge in [0.1, 0.15) is 5.75 Å². The summed E-state index contributed by atoms with van der Waals surface area (Å²) >= 11 is 0. The summed E-state index contributed by atoms with van der Waals surface area (Å²) in [6.45, 7) is 7.55. The van der Waals surface area contributed by atoms with Gasteiger partial charge in [0.25, 0.3) is 5.91 Å². The first-order chi connectivity index (χ1) is 8.51. The standard InChI is InChI=1S/C14H22N2O2/c1-5-16(9-10(2)3)14(17)11-7-6-8-12(18-4)13(11)15/h6-8,10H,5,9,15H2,1-4H3. The van der Waals surface area contributed by atoms with Crippen LogP contribution in [-0.4, -0.2) is 31.0 Å². The van der Waals surface area contributed by atoms with Crippen molar-refractivity contribution in [3.63, 3.8) is 0 Å². The highest BCUT2D eigenvalue weighted by Gasteiger charge is 2.19. The van der Waals surface area contributed by atoms with Crippen molar-refractivity contribution >= 4 is 11.6 Å². The first kappa shape index (κ1) is 14.4. The summed E-state index contributed by atoms with van der Waals surface area (Å²) in [6.07, 6.45) is 0. The van der Waals surface area contributed by atoms with Crippen LogP contribution in [0, 0.1) is 5.92 Å². The number of carbonyl (C=O) groups excluding carboxylic acids is 1. The summed E-state index contributed by atoms with van der Waals surface area (Å²) in [5, 5.41) is 0. The topological polar surface area (TPSA) is 55.6 Å².